The maximum atomic E-state index is 13.2. The normalized spacial score (nSPS) is 17.6. The van der Waals surface area contributed by atoms with Crippen molar-refractivity contribution in [3.63, 3.8) is 0 Å². The van der Waals surface area contributed by atoms with Crippen LogP contribution in [0, 0.1) is 0 Å². The third kappa shape index (κ3) is 3.54. The van der Waals surface area contributed by atoms with Crippen LogP contribution in [0.25, 0.3) is 6.08 Å². The molecule has 5 rings (SSSR count). The fourth-order valence-corrected chi connectivity index (χ4v) is 4.49. The number of hydrogen-bond donors (Lipinski definition) is 1. The predicted molar refractivity (Wildman–Crippen MR) is 124 cm³/mol. The molecule has 0 aromatic heterocycles. The highest BCUT2D eigenvalue weighted by Crippen LogP contribution is 2.49. The van der Waals surface area contributed by atoms with E-state index in [-0.39, 0.29) is 28.7 Å². The number of fused-ring (bicyclic) bond motifs is 3. The number of rotatable bonds is 4. The van der Waals surface area contributed by atoms with Crippen LogP contribution in [0.3, 0.4) is 0 Å². The molecule has 0 fully saturated rings. The molecule has 0 saturated heterocycles. The van der Waals surface area contributed by atoms with Crippen molar-refractivity contribution in [1.82, 2.24) is 0 Å². The topological polar surface area (TPSA) is 91.3 Å². The van der Waals surface area contributed by atoms with Crippen molar-refractivity contribution in [2.24, 2.45) is 0 Å². The molecule has 2 aliphatic heterocycles. The average Bonchev–Trinajstić information content (AvgIpc) is 3.15. The molecule has 1 atom stereocenters. The highest BCUT2D eigenvalue weighted by molar-refractivity contribution is 6.32. The molecular formula is C26H19ClO7. The molecule has 1 N–H and O–H groups in total. The van der Waals surface area contributed by atoms with Gasteiger partial charge in [-0.25, -0.2) is 0 Å². The van der Waals surface area contributed by atoms with Gasteiger partial charge in [0.05, 0.1) is 31.2 Å². The van der Waals surface area contributed by atoms with Crippen LogP contribution >= 0.6 is 11.6 Å². The number of benzene rings is 3. The summed E-state index contributed by atoms with van der Waals surface area (Å²) in [5, 5.41) is 9.97. The van der Waals surface area contributed by atoms with Gasteiger partial charge in [0.2, 0.25) is 5.78 Å². The zero-order chi connectivity index (χ0) is 24.0. The summed E-state index contributed by atoms with van der Waals surface area (Å²) in [7, 11) is 3.05. The number of Topliss-reactive ketones (excluding diaryl/α,β-unsaturated/α-hetero) is 1. The summed E-state index contributed by atoms with van der Waals surface area (Å²) in [6, 6.07) is 13.2. The third-order valence-corrected chi connectivity index (χ3v) is 6.18. The lowest BCUT2D eigenvalue weighted by atomic mass is 9.84. The van der Waals surface area contributed by atoms with E-state index in [1.807, 2.05) is 0 Å². The van der Waals surface area contributed by atoms with Crippen LogP contribution in [0.1, 0.15) is 39.4 Å². The lowest BCUT2D eigenvalue weighted by molar-refractivity contribution is -0.135. The molecule has 0 spiro atoms. The number of esters is 1. The van der Waals surface area contributed by atoms with Crippen LogP contribution in [-0.2, 0) is 4.79 Å². The smallest absolute Gasteiger partial charge is 0.312 e. The van der Waals surface area contributed by atoms with Gasteiger partial charge in [0.1, 0.15) is 17.2 Å². The average molecular weight is 479 g/mol. The van der Waals surface area contributed by atoms with E-state index in [1.165, 1.54) is 20.3 Å². The molecule has 2 aliphatic rings. The van der Waals surface area contributed by atoms with E-state index in [1.54, 1.807) is 48.5 Å². The molecule has 8 heteroatoms. The Hall–Kier alpha value is -3.97. The number of carbonyl (C=O) groups is 2. The number of aromatic hydroxyl groups is 1. The highest BCUT2D eigenvalue weighted by Gasteiger charge is 2.38. The van der Waals surface area contributed by atoms with Crippen LogP contribution < -0.4 is 18.9 Å². The monoisotopic (exact) mass is 478 g/mol. The minimum absolute atomic E-state index is 0.0326. The fraction of sp³-hybridized carbons (Fsp3) is 0.154. The number of allylic oxidation sites excluding steroid dienone is 1. The number of halogens is 1. The molecule has 0 bridgehead atoms. The Labute approximate surface area is 200 Å². The Kier molecular flexibility index (Phi) is 5.42. The van der Waals surface area contributed by atoms with E-state index < -0.39 is 11.9 Å². The van der Waals surface area contributed by atoms with Crippen LogP contribution in [-0.4, -0.2) is 31.1 Å². The van der Waals surface area contributed by atoms with Gasteiger partial charge in [-0.3, -0.25) is 9.59 Å². The highest BCUT2D eigenvalue weighted by atomic mass is 35.5. The lowest BCUT2D eigenvalue weighted by Gasteiger charge is -2.26. The molecule has 0 amide bonds. The van der Waals surface area contributed by atoms with Crippen molar-refractivity contribution >= 4 is 29.4 Å². The molecule has 0 unspecified atom stereocenters. The van der Waals surface area contributed by atoms with E-state index in [4.69, 9.17) is 30.5 Å². The maximum Gasteiger partial charge on any atom is 0.312 e. The zero-order valence-corrected chi connectivity index (χ0v) is 19.0. The first-order valence-electron chi connectivity index (χ1n) is 10.4. The first-order chi connectivity index (χ1) is 16.4. The summed E-state index contributed by atoms with van der Waals surface area (Å²) in [6.45, 7) is 0. The number of ether oxygens (including phenoxy) is 4. The molecule has 172 valence electrons. The summed E-state index contributed by atoms with van der Waals surface area (Å²) in [5.74, 6) is 0.494. The Morgan fingerprint density at radius 2 is 1.88 bits per heavy atom. The number of para-hydroxylation sites is 1. The molecule has 2 heterocycles. The van der Waals surface area contributed by atoms with Crippen molar-refractivity contribution in [3.8, 4) is 28.7 Å². The number of ketones is 1. The van der Waals surface area contributed by atoms with E-state index >= 15 is 0 Å². The third-order valence-electron chi connectivity index (χ3n) is 5.87. The van der Waals surface area contributed by atoms with E-state index in [0.717, 1.165) is 0 Å². The van der Waals surface area contributed by atoms with Gasteiger partial charge in [-0.05, 0) is 42.0 Å². The van der Waals surface area contributed by atoms with Gasteiger partial charge in [0.15, 0.2) is 17.3 Å². The summed E-state index contributed by atoms with van der Waals surface area (Å²) in [6.07, 6.45) is 1.63. The van der Waals surface area contributed by atoms with Gasteiger partial charge in [-0.15, -0.1) is 0 Å². The van der Waals surface area contributed by atoms with Gasteiger partial charge in [-0.2, -0.15) is 0 Å². The Morgan fingerprint density at radius 3 is 2.62 bits per heavy atom. The number of hydrogen-bond acceptors (Lipinski definition) is 7. The van der Waals surface area contributed by atoms with Gasteiger partial charge in [0.25, 0.3) is 0 Å². The van der Waals surface area contributed by atoms with Crippen molar-refractivity contribution in [2.75, 3.05) is 14.2 Å². The minimum Gasteiger partial charge on any atom is -0.506 e. The second kappa shape index (κ2) is 8.43. The maximum absolute atomic E-state index is 13.2. The molecule has 3 aromatic carbocycles. The van der Waals surface area contributed by atoms with Crippen LogP contribution in [0.15, 0.2) is 54.3 Å². The lowest BCUT2D eigenvalue weighted by Crippen LogP contribution is -2.21. The van der Waals surface area contributed by atoms with Crippen molar-refractivity contribution < 1.29 is 33.6 Å². The predicted octanol–water partition coefficient (Wildman–Crippen LogP) is 5.12. The molecule has 7 nitrogen and oxygen atoms in total. The van der Waals surface area contributed by atoms with E-state index in [2.05, 4.69) is 0 Å². The van der Waals surface area contributed by atoms with Crippen LogP contribution in [0.4, 0.5) is 0 Å². The number of phenols is 1. The molecule has 3 aromatic rings. The minimum atomic E-state index is -0.470. The second-order valence-electron chi connectivity index (χ2n) is 7.82. The summed E-state index contributed by atoms with van der Waals surface area (Å²) in [5.41, 5.74) is 2.24. The van der Waals surface area contributed by atoms with Gasteiger partial charge >= 0.3 is 5.97 Å². The largest absolute Gasteiger partial charge is 0.506 e. The van der Waals surface area contributed by atoms with Gasteiger partial charge in [0, 0.05) is 17.0 Å². The SMILES string of the molecule is COc1cccc(/C=C2\Oc3c(ccc4c3[C@H](c3ccc(O)c(Cl)c3)CC(=O)O4)C2=O)c1OC. The zero-order valence-electron chi connectivity index (χ0n) is 18.3. The second-order valence-corrected chi connectivity index (χ2v) is 8.23. The van der Waals surface area contributed by atoms with Crippen LogP contribution in [0.5, 0.6) is 28.7 Å². The van der Waals surface area contributed by atoms with E-state index in [9.17, 15) is 14.7 Å². The molecule has 0 saturated carbocycles. The standard InChI is InChI=1S/C26H19ClO7/c1-31-20-5-3-4-14(25(20)32-2)11-21-24(30)15-7-9-19-23(26(15)34-21)16(12-22(29)33-19)13-6-8-18(28)17(27)10-13/h3-11,16,28H,12H2,1-2H3/b21-11-/t16-/m0/s1. The number of methoxy groups -OCH3 is 2. The fourth-order valence-electron chi connectivity index (χ4n) is 4.30. The molecule has 0 aliphatic carbocycles. The Bertz CT molecular complexity index is 1380. The summed E-state index contributed by atoms with van der Waals surface area (Å²) >= 11 is 6.12. The van der Waals surface area contributed by atoms with Crippen molar-refractivity contribution in [3.05, 3.63) is 81.6 Å². The Morgan fingerprint density at radius 1 is 1.06 bits per heavy atom. The van der Waals surface area contributed by atoms with Crippen LogP contribution in [0.2, 0.25) is 5.02 Å². The van der Waals surface area contributed by atoms with Gasteiger partial charge in [-0.1, -0.05) is 29.8 Å². The molecular weight excluding hydrogens is 460 g/mol. The first kappa shape index (κ1) is 21.9. The number of phenolic OH excluding ortho intramolecular Hbond substituents is 1. The summed E-state index contributed by atoms with van der Waals surface area (Å²) < 4.78 is 22.3. The summed E-state index contributed by atoms with van der Waals surface area (Å²) in [4.78, 5) is 25.5. The molecule has 0 radical (unpaired) electrons. The Balaban J connectivity index is 1.62. The molecule has 34 heavy (non-hydrogen) atoms. The quantitative estimate of drug-likeness (QED) is 0.316. The van der Waals surface area contributed by atoms with Gasteiger partial charge < -0.3 is 24.1 Å². The first-order valence-corrected chi connectivity index (χ1v) is 10.8. The van der Waals surface area contributed by atoms with Crippen molar-refractivity contribution in [1.29, 1.82) is 0 Å². The number of carbonyl (C=O) groups excluding carboxylic acids is 2. The van der Waals surface area contributed by atoms with E-state index in [0.29, 0.717) is 45.3 Å². The van der Waals surface area contributed by atoms with Crippen molar-refractivity contribution in [2.45, 2.75) is 12.3 Å².